The molecule has 0 bridgehead atoms. The van der Waals surface area contributed by atoms with E-state index in [0.717, 1.165) is 0 Å². The summed E-state index contributed by atoms with van der Waals surface area (Å²) in [6, 6.07) is 11.8. The summed E-state index contributed by atoms with van der Waals surface area (Å²) < 4.78 is 5.49. The number of nitrogens with one attached hydrogen (secondary N) is 1. The minimum absolute atomic E-state index is 0.394. The Morgan fingerprint density at radius 3 is 2.48 bits per heavy atom. The van der Waals surface area contributed by atoms with Crippen molar-refractivity contribution in [1.82, 2.24) is 5.43 Å². The number of hydrogen-bond acceptors (Lipinski definition) is 3. The van der Waals surface area contributed by atoms with Gasteiger partial charge in [0.25, 0.3) is 5.91 Å². The Hall–Kier alpha value is -1.75. The van der Waals surface area contributed by atoms with Crippen LogP contribution in [-0.4, -0.2) is 18.2 Å². The van der Waals surface area contributed by atoms with E-state index in [1.165, 1.54) is 6.21 Å². The minimum Gasteiger partial charge on any atom is -0.481 e. The number of halogens is 3. The number of benzene rings is 2. The van der Waals surface area contributed by atoms with E-state index >= 15 is 0 Å². The van der Waals surface area contributed by atoms with Gasteiger partial charge in [0.05, 0.1) is 6.21 Å². The van der Waals surface area contributed by atoms with Crippen LogP contribution >= 0.6 is 34.8 Å². The molecule has 0 saturated heterocycles. The fourth-order valence-electron chi connectivity index (χ4n) is 1.71. The fourth-order valence-corrected chi connectivity index (χ4v) is 2.43. The molecular weight excluding hydrogens is 359 g/mol. The summed E-state index contributed by atoms with van der Waals surface area (Å²) in [4.78, 5) is 11.9. The van der Waals surface area contributed by atoms with Gasteiger partial charge in [0.2, 0.25) is 0 Å². The molecule has 7 heteroatoms. The molecule has 0 radical (unpaired) electrons. The maximum atomic E-state index is 11.9. The molecule has 120 valence electrons. The molecule has 1 N–H and O–H groups in total. The van der Waals surface area contributed by atoms with Crippen molar-refractivity contribution in [3.8, 4) is 5.75 Å². The summed E-state index contributed by atoms with van der Waals surface area (Å²) in [5.74, 6) is 0.111. The zero-order valence-electron chi connectivity index (χ0n) is 12.1. The molecule has 0 spiro atoms. The van der Waals surface area contributed by atoms with Crippen molar-refractivity contribution in [3.05, 3.63) is 63.1 Å². The fraction of sp³-hybridized carbons (Fsp3) is 0.125. The van der Waals surface area contributed by atoms with Gasteiger partial charge >= 0.3 is 0 Å². The van der Waals surface area contributed by atoms with Gasteiger partial charge in [-0.3, -0.25) is 4.79 Å². The summed E-state index contributed by atoms with van der Waals surface area (Å²) in [6.07, 6.45) is 0.718. The average molecular weight is 372 g/mol. The van der Waals surface area contributed by atoms with Gasteiger partial charge in [-0.05, 0) is 48.9 Å². The molecule has 1 atom stereocenters. The van der Waals surface area contributed by atoms with Crippen LogP contribution in [0.3, 0.4) is 0 Å². The van der Waals surface area contributed by atoms with E-state index in [0.29, 0.717) is 26.4 Å². The van der Waals surface area contributed by atoms with Gasteiger partial charge in [0.15, 0.2) is 6.10 Å². The van der Waals surface area contributed by atoms with Crippen molar-refractivity contribution >= 4 is 46.9 Å². The summed E-state index contributed by atoms with van der Waals surface area (Å²) >= 11 is 17.6. The van der Waals surface area contributed by atoms with Gasteiger partial charge in [-0.25, -0.2) is 5.43 Å². The molecule has 0 fully saturated rings. The highest BCUT2D eigenvalue weighted by Crippen LogP contribution is 2.19. The lowest BCUT2D eigenvalue weighted by molar-refractivity contribution is -0.127. The van der Waals surface area contributed by atoms with E-state index in [1.54, 1.807) is 49.4 Å². The van der Waals surface area contributed by atoms with Crippen LogP contribution in [0.4, 0.5) is 0 Å². The predicted octanol–water partition coefficient (Wildman–Crippen LogP) is 4.56. The smallest absolute Gasteiger partial charge is 0.280 e. The van der Waals surface area contributed by atoms with Crippen molar-refractivity contribution in [1.29, 1.82) is 0 Å². The molecule has 0 unspecified atom stereocenters. The maximum Gasteiger partial charge on any atom is 0.280 e. The number of rotatable bonds is 5. The number of carbonyl (C=O) groups is 1. The average Bonchev–Trinajstić information content (AvgIpc) is 2.46. The summed E-state index contributed by atoms with van der Waals surface area (Å²) in [5, 5.41) is 5.37. The SMILES string of the molecule is C[C@H](Oc1cccc(Cl)c1)C(=O)N/N=C\c1cc(Cl)cc(Cl)c1. The van der Waals surface area contributed by atoms with E-state index in [4.69, 9.17) is 39.5 Å². The number of hydrazone groups is 1. The zero-order valence-corrected chi connectivity index (χ0v) is 14.4. The minimum atomic E-state index is -0.728. The lowest BCUT2D eigenvalue weighted by Crippen LogP contribution is -2.33. The third kappa shape index (κ3) is 5.75. The maximum absolute atomic E-state index is 11.9. The first-order chi connectivity index (χ1) is 10.9. The van der Waals surface area contributed by atoms with Gasteiger partial charge in [-0.2, -0.15) is 5.10 Å². The molecule has 4 nitrogen and oxygen atoms in total. The van der Waals surface area contributed by atoms with Crippen molar-refractivity contribution in [2.75, 3.05) is 0 Å². The molecule has 0 aliphatic heterocycles. The second-order valence-electron chi connectivity index (χ2n) is 4.65. The van der Waals surface area contributed by atoms with Crippen molar-refractivity contribution < 1.29 is 9.53 Å². The topological polar surface area (TPSA) is 50.7 Å². The first kappa shape index (κ1) is 17.6. The van der Waals surface area contributed by atoms with Gasteiger partial charge in [0.1, 0.15) is 5.75 Å². The number of carbonyl (C=O) groups excluding carboxylic acids is 1. The first-order valence-electron chi connectivity index (χ1n) is 6.65. The molecule has 1 amide bonds. The van der Waals surface area contributed by atoms with E-state index < -0.39 is 12.0 Å². The Labute approximate surface area is 149 Å². The highest BCUT2D eigenvalue weighted by Gasteiger charge is 2.13. The molecule has 0 saturated carbocycles. The molecular formula is C16H13Cl3N2O2. The molecule has 0 aromatic heterocycles. The second kappa shape index (κ2) is 8.20. The van der Waals surface area contributed by atoms with Crippen LogP contribution in [0.25, 0.3) is 0 Å². The van der Waals surface area contributed by atoms with Gasteiger partial charge < -0.3 is 4.74 Å². The third-order valence-corrected chi connectivity index (χ3v) is 3.42. The Morgan fingerprint density at radius 1 is 1.13 bits per heavy atom. The van der Waals surface area contributed by atoms with Gasteiger partial charge in [-0.15, -0.1) is 0 Å². The molecule has 2 rings (SSSR count). The Morgan fingerprint density at radius 2 is 1.83 bits per heavy atom. The number of ether oxygens (including phenoxy) is 1. The molecule has 0 aliphatic rings. The van der Waals surface area contributed by atoms with Crippen LogP contribution in [0, 0.1) is 0 Å². The van der Waals surface area contributed by atoms with Crippen molar-refractivity contribution in [2.24, 2.45) is 5.10 Å². The monoisotopic (exact) mass is 370 g/mol. The normalized spacial score (nSPS) is 12.2. The van der Waals surface area contributed by atoms with Crippen LogP contribution in [0.5, 0.6) is 5.75 Å². The summed E-state index contributed by atoms with van der Waals surface area (Å²) in [6.45, 7) is 1.61. The highest BCUT2D eigenvalue weighted by atomic mass is 35.5. The van der Waals surface area contributed by atoms with Crippen LogP contribution in [0.15, 0.2) is 47.6 Å². The van der Waals surface area contributed by atoms with Crippen LogP contribution in [0.2, 0.25) is 15.1 Å². The second-order valence-corrected chi connectivity index (χ2v) is 5.96. The number of amides is 1. The standard InChI is InChI=1S/C16H13Cl3N2O2/c1-10(23-15-4-2-3-12(17)8-15)16(22)21-20-9-11-5-13(18)7-14(19)6-11/h2-10H,1H3,(H,21,22)/b20-9-/t10-/m0/s1. The quantitative estimate of drug-likeness (QED) is 0.618. The lowest BCUT2D eigenvalue weighted by Gasteiger charge is -2.12. The predicted molar refractivity (Wildman–Crippen MR) is 93.7 cm³/mol. The molecule has 23 heavy (non-hydrogen) atoms. The zero-order chi connectivity index (χ0) is 16.8. The van der Waals surface area contributed by atoms with Crippen LogP contribution in [0.1, 0.15) is 12.5 Å². The third-order valence-electron chi connectivity index (χ3n) is 2.75. The summed E-state index contributed by atoms with van der Waals surface area (Å²) in [5.41, 5.74) is 3.06. The highest BCUT2D eigenvalue weighted by molar-refractivity contribution is 6.35. The number of nitrogens with zero attached hydrogens (tertiary/aromatic N) is 1. The lowest BCUT2D eigenvalue weighted by atomic mass is 10.2. The molecule has 0 aliphatic carbocycles. The largest absolute Gasteiger partial charge is 0.481 e. The van der Waals surface area contributed by atoms with Crippen LogP contribution in [-0.2, 0) is 4.79 Å². The number of hydrogen-bond donors (Lipinski definition) is 1. The van der Waals surface area contributed by atoms with Crippen LogP contribution < -0.4 is 10.2 Å². The summed E-state index contributed by atoms with van der Waals surface area (Å²) in [7, 11) is 0. The Bertz CT molecular complexity index is 715. The van der Waals surface area contributed by atoms with E-state index in [1.807, 2.05) is 0 Å². The molecule has 2 aromatic rings. The Balaban J connectivity index is 1.92. The Kier molecular flexibility index (Phi) is 6.28. The van der Waals surface area contributed by atoms with Crippen molar-refractivity contribution in [2.45, 2.75) is 13.0 Å². The van der Waals surface area contributed by atoms with E-state index in [9.17, 15) is 4.79 Å². The van der Waals surface area contributed by atoms with E-state index in [-0.39, 0.29) is 0 Å². The molecule has 0 heterocycles. The molecule has 2 aromatic carbocycles. The van der Waals surface area contributed by atoms with Crippen molar-refractivity contribution in [3.63, 3.8) is 0 Å². The van der Waals surface area contributed by atoms with Gasteiger partial charge in [-0.1, -0.05) is 40.9 Å². The van der Waals surface area contributed by atoms with Gasteiger partial charge in [0, 0.05) is 15.1 Å². The van der Waals surface area contributed by atoms with E-state index in [2.05, 4.69) is 10.5 Å². The first-order valence-corrected chi connectivity index (χ1v) is 7.78.